The zero-order valence-corrected chi connectivity index (χ0v) is 9.17. The molecule has 0 heterocycles. The highest BCUT2D eigenvalue weighted by Gasteiger charge is 2.20. The molecule has 0 radical (unpaired) electrons. The van der Waals surface area contributed by atoms with Gasteiger partial charge in [-0.05, 0) is 13.0 Å². The van der Waals surface area contributed by atoms with Gasteiger partial charge in [-0.15, -0.1) is 0 Å². The monoisotopic (exact) mass is 247 g/mol. The Morgan fingerprint density at radius 1 is 1.35 bits per heavy atom. The second kappa shape index (κ2) is 5.67. The van der Waals surface area contributed by atoms with Crippen molar-refractivity contribution in [3.8, 4) is 0 Å². The van der Waals surface area contributed by atoms with Gasteiger partial charge in [-0.2, -0.15) is 0 Å². The van der Waals surface area contributed by atoms with E-state index in [-0.39, 0.29) is 18.6 Å². The van der Waals surface area contributed by atoms with E-state index in [4.69, 9.17) is 5.73 Å². The number of ether oxygens (including phenoxy) is 1. The van der Waals surface area contributed by atoms with Crippen LogP contribution in [0.15, 0.2) is 12.1 Å². The summed E-state index contributed by atoms with van der Waals surface area (Å²) >= 11 is 0. The third kappa shape index (κ3) is 3.20. The molecule has 0 bridgehead atoms. The summed E-state index contributed by atoms with van der Waals surface area (Å²) in [4.78, 5) is 11.1. The van der Waals surface area contributed by atoms with Crippen LogP contribution in [0.2, 0.25) is 0 Å². The minimum atomic E-state index is -1.60. The van der Waals surface area contributed by atoms with Crippen LogP contribution in [0.4, 0.5) is 13.2 Å². The molecule has 0 aliphatic carbocycles. The molecule has 94 valence electrons. The molecule has 0 aromatic heterocycles. The van der Waals surface area contributed by atoms with Crippen LogP contribution in [0.1, 0.15) is 24.9 Å². The Balaban J connectivity index is 2.86. The molecular weight excluding hydrogens is 235 g/mol. The van der Waals surface area contributed by atoms with Gasteiger partial charge >= 0.3 is 5.97 Å². The number of hydrogen-bond acceptors (Lipinski definition) is 3. The molecule has 1 atom stereocenters. The van der Waals surface area contributed by atoms with Crippen molar-refractivity contribution in [3.63, 3.8) is 0 Å². The van der Waals surface area contributed by atoms with Crippen molar-refractivity contribution < 1.29 is 22.7 Å². The molecule has 0 saturated heterocycles. The Hall–Kier alpha value is -1.56. The van der Waals surface area contributed by atoms with Gasteiger partial charge in [0.1, 0.15) is 0 Å². The van der Waals surface area contributed by atoms with E-state index in [2.05, 4.69) is 4.74 Å². The molecule has 0 fully saturated rings. The van der Waals surface area contributed by atoms with Crippen LogP contribution in [-0.2, 0) is 9.53 Å². The minimum absolute atomic E-state index is 0.172. The van der Waals surface area contributed by atoms with Crippen molar-refractivity contribution in [1.82, 2.24) is 0 Å². The summed E-state index contributed by atoms with van der Waals surface area (Å²) in [6, 6.07) is 0.709. The van der Waals surface area contributed by atoms with E-state index in [0.717, 1.165) is 12.1 Å². The molecule has 3 nitrogen and oxygen atoms in total. The summed E-state index contributed by atoms with van der Waals surface area (Å²) < 4.78 is 43.5. The molecule has 0 aliphatic heterocycles. The maximum absolute atomic E-state index is 13.3. The third-order valence-electron chi connectivity index (χ3n) is 2.16. The summed E-state index contributed by atoms with van der Waals surface area (Å²) in [5.74, 6) is -4.89. The lowest BCUT2D eigenvalue weighted by Gasteiger charge is -2.12. The first-order valence-corrected chi connectivity index (χ1v) is 5.02. The molecule has 6 heteroatoms. The van der Waals surface area contributed by atoms with E-state index < -0.39 is 29.5 Å². The molecule has 1 rings (SSSR count). The molecule has 0 aliphatic rings. The van der Waals surface area contributed by atoms with Crippen LogP contribution in [0.25, 0.3) is 0 Å². The molecule has 1 aromatic rings. The van der Waals surface area contributed by atoms with E-state index in [1.54, 1.807) is 6.92 Å². The van der Waals surface area contributed by atoms with Gasteiger partial charge in [0.05, 0.1) is 13.0 Å². The molecule has 0 amide bonds. The zero-order valence-electron chi connectivity index (χ0n) is 9.17. The Labute approximate surface area is 96.4 Å². The topological polar surface area (TPSA) is 52.3 Å². The first-order valence-electron chi connectivity index (χ1n) is 5.02. The highest BCUT2D eigenvalue weighted by Crippen LogP contribution is 2.22. The fourth-order valence-electron chi connectivity index (χ4n) is 1.34. The zero-order chi connectivity index (χ0) is 13.0. The van der Waals surface area contributed by atoms with E-state index >= 15 is 0 Å². The molecule has 0 unspecified atom stereocenters. The number of carbonyl (C=O) groups is 1. The van der Waals surface area contributed by atoms with Crippen LogP contribution < -0.4 is 5.73 Å². The van der Waals surface area contributed by atoms with Crippen molar-refractivity contribution in [2.45, 2.75) is 19.4 Å². The van der Waals surface area contributed by atoms with Crippen LogP contribution in [0, 0.1) is 17.5 Å². The number of benzene rings is 1. The highest BCUT2D eigenvalue weighted by atomic mass is 19.2. The highest BCUT2D eigenvalue weighted by molar-refractivity contribution is 5.70. The molecule has 2 N–H and O–H groups in total. The maximum atomic E-state index is 13.3. The van der Waals surface area contributed by atoms with Crippen molar-refractivity contribution in [2.75, 3.05) is 6.61 Å². The quantitative estimate of drug-likeness (QED) is 0.654. The summed E-state index contributed by atoms with van der Waals surface area (Å²) in [5.41, 5.74) is 5.26. The largest absolute Gasteiger partial charge is 0.466 e. The van der Waals surface area contributed by atoms with E-state index in [1.807, 2.05) is 0 Å². The number of rotatable bonds is 4. The van der Waals surface area contributed by atoms with Crippen molar-refractivity contribution in [2.24, 2.45) is 5.73 Å². The van der Waals surface area contributed by atoms with Crippen LogP contribution in [-0.4, -0.2) is 12.6 Å². The second-order valence-electron chi connectivity index (χ2n) is 3.38. The van der Waals surface area contributed by atoms with Crippen molar-refractivity contribution >= 4 is 5.97 Å². The summed E-state index contributed by atoms with van der Waals surface area (Å²) in [5, 5.41) is 0. The Morgan fingerprint density at radius 2 is 2.00 bits per heavy atom. The van der Waals surface area contributed by atoms with E-state index in [9.17, 15) is 18.0 Å². The first-order chi connectivity index (χ1) is 7.97. The van der Waals surface area contributed by atoms with Gasteiger partial charge in [0, 0.05) is 11.6 Å². The fourth-order valence-corrected chi connectivity index (χ4v) is 1.34. The Morgan fingerprint density at radius 3 is 2.59 bits per heavy atom. The predicted octanol–water partition coefficient (Wildman–Crippen LogP) is 2.06. The maximum Gasteiger partial charge on any atom is 0.307 e. The van der Waals surface area contributed by atoms with Gasteiger partial charge in [0.15, 0.2) is 17.5 Å². The predicted molar refractivity (Wildman–Crippen MR) is 54.5 cm³/mol. The molecule has 0 saturated carbocycles. The van der Waals surface area contributed by atoms with Crippen LogP contribution in [0.5, 0.6) is 0 Å². The number of halogens is 3. The Kier molecular flexibility index (Phi) is 4.51. The van der Waals surface area contributed by atoms with Gasteiger partial charge < -0.3 is 10.5 Å². The van der Waals surface area contributed by atoms with Gasteiger partial charge in [-0.25, -0.2) is 13.2 Å². The summed E-state index contributed by atoms with van der Waals surface area (Å²) in [6.07, 6.45) is -0.296. The van der Waals surface area contributed by atoms with E-state index in [1.165, 1.54) is 0 Å². The number of carbonyl (C=O) groups excluding carboxylic acids is 1. The lowest BCUT2D eigenvalue weighted by molar-refractivity contribution is -0.143. The SMILES string of the molecule is CCOC(=O)C[C@H](N)c1ccc(F)c(F)c1F. The standard InChI is InChI=1S/C11H12F3NO2/c1-2-17-9(16)5-8(15)6-3-4-7(12)11(14)10(6)13/h3-4,8H,2,5,15H2,1H3/t8-/m0/s1. The molecular formula is C11H12F3NO2. The number of esters is 1. The molecule has 1 aromatic carbocycles. The first kappa shape index (κ1) is 13.5. The fraction of sp³-hybridized carbons (Fsp3) is 0.364. The number of nitrogens with two attached hydrogens (primary N) is 1. The van der Waals surface area contributed by atoms with Crippen molar-refractivity contribution in [3.05, 3.63) is 35.1 Å². The second-order valence-corrected chi connectivity index (χ2v) is 3.38. The smallest absolute Gasteiger partial charge is 0.307 e. The normalized spacial score (nSPS) is 12.3. The minimum Gasteiger partial charge on any atom is -0.466 e. The lowest BCUT2D eigenvalue weighted by Crippen LogP contribution is -2.19. The average Bonchev–Trinajstić information content (AvgIpc) is 2.26. The number of hydrogen-bond donors (Lipinski definition) is 1. The van der Waals surface area contributed by atoms with Crippen LogP contribution >= 0.6 is 0 Å². The van der Waals surface area contributed by atoms with Crippen molar-refractivity contribution in [1.29, 1.82) is 0 Å². The van der Waals surface area contributed by atoms with E-state index in [0.29, 0.717) is 0 Å². The lowest BCUT2D eigenvalue weighted by atomic mass is 10.0. The average molecular weight is 247 g/mol. The van der Waals surface area contributed by atoms with Gasteiger partial charge in [-0.1, -0.05) is 6.07 Å². The Bertz CT molecular complexity index is 423. The summed E-state index contributed by atoms with van der Waals surface area (Å²) in [7, 11) is 0. The van der Waals surface area contributed by atoms with Crippen LogP contribution in [0.3, 0.4) is 0 Å². The molecule has 17 heavy (non-hydrogen) atoms. The molecule has 0 spiro atoms. The van der Waals surface area contributed by atoms with Gasteiger partial charge in [0.25, 0.3) is 0 Å². The van der Waals surface area contributed by atoms with Gasteiger partial charge in [0.2, 0.25) is 0 Å². The third-order valence-corrected chi connectivity index (χ3v) is 2.16. The van der Waals surface area contributed by atoms with Gasteiger partial charge in [-0.3, -0.25) is 4.79 Å². The summed E-state index contributed by atoms with van der Waals surface area (Å²) in [6.45, 7) is 1.79.